The van der Waals surface area contributed by atoms with Crippen molar-refractivity contribution < 1.29 is 9.53 Å². The summed E-state index contributed by atoms with van der Waals surface area (Å²) in [5.41, 5.74) is 0.291. The second-order valence-electron chi connectivity index (χ2n) is 5.94. The number of rotatable bonds is 7. The zero-order valence-electron chi connectivity index (χ0n) is 13.3. The molecule has 1 rings (SSSR count). The van der Waals surface area contributed by atoms with Crippen LogP contribution in [-0.4, -0.2) is 18.6 Å². The molecule has 4 heteroatoms. The third kappa shape index (κ3) is 5.86. The van der Waals surface area contributed by atoms with Crippen LogP contribution in [0, 0.1) is 17.2 Å². The highest BCUT2D eigenvalue weighted by Crippen LogP contribution is 2.16. The van der Waals surface area contributed by atoms with E-state index in [1.807, 2.05) is 38.1 Å². The standard InChI is InChI=1S/C17H24N2O2/c1-13(2)11-17(3,12-18)19-16(20)10-7-14-5-8-15(21-4)9-6-14/h5-6,8-9,13H,7,10-11H2,1-4H3,(H,19,20)/t17-/m1/s1. The van der Waals surface area contributed by atoms with Crippen molar-refractivity contribution in [3.63, 3.8) is 0 Å². The molecule has 0 radical (unpaired) electrons. The minimum Gasteiger partial charge on any atom is -0.497 e. The molecular formula is C17H24N2O2. The molecule has 4 nitrogen and oxygen atoms in total. The van der Waals surface area contributed by atoms with Gasteiger partial charge in [0.2, 0.25) is 5.91 Å². The van der Waals surface area contributed by atoms with Crippen LogP contribution in [0.4, 0.5) is 0 Å². The summed E-state index contributed by atoms with van der Waals surface area (Å²) in [5, 5.41) is 12.1. The molecule has 0 aliphatic rings. The number of nitriles is 1. The second kappa shape index (κ2) is 7.68. The molecular weight excluding hydrogens is 264 g/mol. The topological polar surface area (TPSA) is 62.1 Å². The predicted octanol–water partition coefficient (Wildman–Crippen LogP) is 3.07. The maximum atomic E-state index is 12.0. The Balaban J connectivity index is 2.51. The average molecular weight is 288 g/mol. The first kappa shape index (κ1) is 17.0. The summed E-state index contributed by atoms with van der Waals surface area (Å²) >= 11 is 0. The first-order valence-corrected chi connectivity index (χ1v) is 7.24. The molecule has 0 spiro atoms. The van der Waals surface area contributed by atoms with Crippen LogP contribution in [0.1, 0.15) is 39.2 Å². The molecule has 114 valence electrons. The van der Waals surface area contributed by atoms with E-state index in [2.05, 4.69) is 11.4 Å². The van der Waals surface area contributed by atoms with E-state index in [9.17, 15) is 10.1 Å². The van der Waals surface area contributed by atoms with Crippen molar-refractivity contribution in [1.82, 2.24) is 5.32 Å². The van der Waals surface area contributed by atoms with Gasteiger partial charge in [0.25, 0.3) is 0 Å². The van der Waals surface area contributed by atoms with Gasteiger partial charge in [-0.15, -0.1) is 0 Å². The van der Waals surface area contributed by atoms with Gasteiger partial charge in [-0.2, -0.15) is 5.26 Å². The van der Waals surface area contributed by atoms with E-state index >= 15 is 0 Å². The average Bonchev–Trinajstić information content (AvgIpc) is 2.44. The highest BCUT2D eigenvalue weighted by molar-refractivity contribution is 5.77. The third-order valence-corrected chi connectivity index (χ3v) is 3.28. The Morgan fingerprint density at radius 3 is 2.48 bits per heavy atom. The number of aryl methyl sites for hydroxylation is 1. The van der Waals surface area contributed by atoms with Gasteiger partial charge in [-0.1, -0.05) is 26.0 Å². The number of nitrogens with zero attached hydrogens (tertiary/aromatic N) is 1. The Bertz CT molecular complexity index is 503. The Morgan fingerprint density at radius 1 is 1.38 bits per heavy atom. The van der Waals surface area contributed by atoms with Crippen LogP contribution in [0.2, 0.25) is 0 Å². The van der Waals surface area contributed by atoms with Crippen molar-refractivity contribution >= 4 is 5.91 Å². The monoisotopic (exact) mass is 288 g/mol. The SMILES string of the molecule is COc1ccc(CCC(=O)N[C@@](C)(C#N)CC(C)C)cc1. The van der Waals surface area contributed by atoms with Gasteiger partial charge in [0.05, 0.1) is 13.2 Å². The van der Waals surface area contributed by atoms with Gasteiger partial charge in [0, 0.05) is 6.42 Å². The summed E-state index contributed by atoms with van der Waals surface area (Å²) in [6, 6.07) is 9.86. The quantitative estimate of drug-likeness (QED) is 0.838. The number of amides is 1. The third-order valence-electron chi connectivity index (χ3n) is 3.28. The molecule has 0 saturated carbocycles. The van der Waals surface area contributed by atoms with Gasteiger partial charge in [-0.3, -0.25) is 4.79 Å². The van der Waals surface area contributed by atoms with E-state index in [-0.39, 0.29) is 5.91 Å². The predicted molar refractivity (Wildman–Crippen MR) is 82.9 cm³/mol. The number of methoxy groups -OCH3 is 1. The number of hydrogen-bond donors (Lipinski definition) is 1. The molecule has 0 aromatic heterocycles. The van der Waals surface area contributed by atoms with Crippen LogP contribution in [0.5, 0.6) is 5.75 Å². The fraction of sp³-hybridized carbons (Fsp3) is 0.529. The van der Waals surface area contributed by atoms with Crippen LogP contribution >= 0.6 is 0 Å². The summed E-state index contributed by atoms with van der Waals surface area (Å²) in [6.45, 7) is 5.86. The minimum absolute atomic E-state index is 0.0875. The van der Waals surface area contributed by atoms with Crippen LogP contribution in [-0.2, 0) is 11.2 Å². The molecule has 0 aliphatic carbocycles. The van der Waals surface area contributed by atoms with Crippen molar-refractivity contribution in [1.29, 1.82) is 5.26 Å². The van der Waals surface area contributed by atoms with E-state index in [0.29, 0.717) is 25.2 Å². The van der Waals surface area contributed by atoms with Gasteiger partial charge in [-0.05, 0) is 43.4 Å². The lowest BCUT2D eigenvalue weighted by molar-refractivity contribution is -0.122. The number of hydrogen-bond acceptors (Lipinski definition) is 3. The van der Waals surface area contributed by atoms with Gasteiger partial charge in [0.15, 0.2) is 0 Å². The van der Waals surface area contributed by atoms with Gasteiger partial charge in [0.1, 0.15) is 11.3 Å². The molecule has 0 aliphatic heterocycles. The normalized spacial score (nSPS) is 13.3. The van der Waals surface area contributed by atoms with Gasteiger partial charge >= 0.3 is 0 Å². The largest absolute Gasteiger partial charge is 0.497 e. The number of benzene rings is 1. The number of carbonyl (C=O) groups is 1. The van der Waals surface area contributed by atoms with Crippen molar-refractivity contribution in [2.75, 3.05) is 7.11 Å². The highest BCUT2D eigenvalue weighted by Gasteiger charge is 2.26. The molecule has 1 atom stereocenters. The maximum absolute atomic E-state index is 12.0. The Morgan fingerprint density at radius 2 is 2.00 bits per heavy atom. The second-order valence-corrected chi connectivity index (χ2v) is 5.94. The summed E-state index contributed by atoms with van der Waals surface area (Å²) in [7, 11) is 1.62. The molecule has 1 N–H and O–H groups in total. The summed E-state index contributed by atoms with van der Waals surface area (Å²) in [6.07, 6.45) is 1.68. The van der Waals surface area contributed by atoms with E-state index in [1.54, 1.807) is 14.0 Å². The lowest BCUT2D eigenvalue weighted by Crippen LogP contribution is -2.45. The van der Waals surface area contributed by atoms with E-state index in [4.69, 9.17) is 4.74 Å². The molecule has 0 heterocycles. The zero-order valence-corrected chi connectivity index (χ0v) is 13.3. The highest BCUT2D eigenvalue weighted by atomic mass is 16.5. The molecule has 0 fully saturated rings. The summed E-state index contributed by atoms with van der Waals surface area (Å²) in [5.74, 6) is 1.07. The van der Waals surface area contributed by atoms with Crippen molar-refractivity contribution in [2.45, 2.75) is 45.6 Å². The van der Waals surface area contributed by atoms with Gasteiger partial charge in [-0.25, -0.2) is 0 Å². The molecule has 0 unspecified atom stereocenters. The van der Waals surface area contributed by atoms with E-state index in [1.165, 1.54) is 0 Å². The summed E-state index contributed by atoms with van der Waals surface area (Å²) in [4.78, 5) is 12.0. The lowest BCUT2D eigenvalue weighted by Gasteiger charge is -2.25. The van der Waals surface area contributed by atoms with Crippen LogP contribution in [0.25, 0.3) is 0 Å². The zero-order chi connectivity index (χ0) is 15.9. The van der Waals surface area contributed by atoms with Crippen LogP contribution < -0.4 is 10.1 Å². The van der Waals surface area contributed by atoms with Crippen molar-refractivity contribution in [3.8, 4) is 11.8 Å². The fourth-order valence-corrected chi connectivity index (χ4v) is 2.36. The van der Waals surface area contributed by atoms with Crippen molar-refractivity contribution in [2.24, 2.45) is 5.92 Å². The molecule has 1 amide bonds. The van der Waals surface area contributed by atoms with Crippen LogP contribution in [0.15, 0.2) is 24.3 Å². The fourth-order valence-electron chi connectivity index (χ4n) is 2.36. The van der Waals surface area contributed by atoms with E-state index in [0.717, 1.165) is 11.3 Å². The van der Waals surface area contributed by atoms with Gasteiger partial charge < -0.3 is 10.1 Å². The van der Waals surface area contributed by atoms with Crippen LogP contribution in [0.3, 0.4) is 0 Å². The Labute approximate surface area is 127 Å². The lowest BCUT2D eigenvalue weighted by atomic mass is 9.92. The minimum atomic E-state index is -0.787. The Kier molecular flexibility index (Phi) is 6.23. The number of nitrogens with one attached hydrogen (secondary N) is 1. The molecule has 0 bridgehead atoms. The number of carbonyl (C=O) groups excluding carboxylic acids is 1. The van der Waals surface area contributed by atoms with E-state index < -0.39 is 5.54 Å². The van der Waals surface area contributed by atoms with Crippen molar-refractivity contribution in [3.05, 3.63) is 29.8 Å². The molecule has 0 saturated heterocycles. The first-order chi connectivity index (χ1) is 9.88. The first-order valence-electron chi connectivity index (χ1n) is 7.24. The molecule has 1 aromatic rings. The molecule has 1 aromatic carbocycles. The maximum Gasteiger partial charge on any atom is 0.221 e. The molecule has 21 heavy (non-hydrogen) atoms. The Hall–Kier alpha value is -2.02. The number of ether oxygens (including phenoxy) is 1. The smallest absolute Gasteiger partial charge is 0.221 e. The summed E-state index contributed by atoms with van der Waals surface area (Å²) < 4.78 is 5.10.